The van der Waals surface area contributed by atoms with E-state index in [-0.39, 0.29) is 5.91 Å². The van der Waals surface area contributed by atoms with Crippen molar-refractivity contribution in [1.29, 1.82) is 0 Å². The highest BCUT2D eigenvalue weighted by Gasteiger charge is 2.03. The molecule has 15 heavy (non-hydrogen) atoms. The van der Waals surface area contributed by atoms with E-state index in [1.165, 1.54) is 12.5 Å². The number of hydrogen-bond acceptors (Lipinski definition) is 2. The Bertz CT molecular complexity index is 319. The molecular formula is C12H18N2O. The summed E-state index contributed by atoms with van der Waals surface area (Å²) >= 11 is 0. The molecule has 0 bridgehead atoms. The molecule has 2 N–H and O–H groups in total. The second-order valence-electron chi connectivity index (χ2n) is 3.58. The van der Waals surface area contributed by atoms with Crippen LogP contribution in [0.1, 0.15) is 32.4 Å². The molecule has 0 aliphatic heterocycles. The number of hydrogen-bond donors (Lipinski definition) is 2. The molecule has 1 aromatic rings. The van der Waals surface area contributed by atoms with E-state index >= 15 is 0 Å². The summed E-state index contributed by atoms with van der Waals surface area (Å²) in [6.45, 7) is 6.67. The van der Waals surface area contributed by atoms with Gasteiger partial charge in [0.1, 0.15) is 0 Å². The molecule has 1 amide bonds. The molecule has 82 valence electrons. The van der Waals surface area contributed by atoms with E-state index in [4.69, 9.17) is 0 Å². The molecule has 1 unspecified atom stereocenters. The van der Waals surface area contributed by atoms with Crippen LogP contribution in [0.4, 0.5) is 5.69 Å². The number of anilines is 1. The van der Waals surface area contributed by atoms with Gasteiger partial charge in [0, 0.05) is 18.7 Å². The zero-order chi connectivity index (χ0) is 11.3. The number of carbonyl (C=O) groups is 1. The highest BCUT2D eigenvalue weighted by atomic mass is 16.1. The molecule has 1 atom stereocenters. The average Bonchev–Trinajstić information content (AvgIpc) is 2.18. The number of benzene rings is 1. The van der Waals surface area contributed by atoms with Crippen molar-refractivity contribution in [2.45, 2.75) is 26.8 Å². The topological polar surface area (TPSA) is 41.1 Å². The monoisotopic (exact) mass is 206 g/mol. The number of nitrogens with one attached hydrogen (secondary N) is 2. The summed E-state index contributed by atoms with van der Waals surface area (Å²) in [6, 6.07) is 8.24. The van der Waals surface area contributed by atoms with Gasteiger partial charge in [-0.1, -0.05) is 19.1 Å². The third-order valence-corrected chi connectivity index (χ3v) is 2.24. The average molecular weight is 206 g/mol. The summed E-state index contributed by atoms with van der Waals surface area (Å²) < 4.78 is 0. The molecule has 0 aliphatic rings. The van der Waals surface area contributed by atoms with Crippen LogP contribution in [0.25, 0.3) is 0 Å². The van der Waals surface area contributed by atoms with E-state index in [9.17, 15) is 4.79 Å². The molecule has 0 radical (unpaired) electrons. The minimum absolute atomic E-state index is 0.0394. The normalized spacial score (nSPS) is 12.2. The van der Waals surface area contributed by atoms with Crippen LogP contribution in [-0.4, -0.2) is 12.5 Å². The van der Waals surface area contributed by atoms with Crippen LogP contribution in [0.15, 0.2) is 24.3 Å². The summed E-state index contributed by atoms with van der Waals surface area (Å²) in [6.07, 6.45) is 0. The van der Waals surface area contributed by atoms with Gasteiger partial charge in [0.05, 0.1) is 0 Å². The highest BCUT2D eigenvalue weighted by molar-refractivity contribution is 5.88. The first-order valence-electron chi connectivity index (χ1n) is 5.24. The maximum atomic E-state index is 10.8. The minimum Gasteiger partial charge on any atom is -0.326 e. The van der Waals surface area contributed by atoms with Gasteiger partial charge >= 0.3 is 0 Å². The van der Waals surface area contributed by atoms with E-state index < -0.39 is 0 Å². The van der Waals surface area contributed by atoms with Gasteiger partial charge in [-0.15, -0.1) is 0 Å². The first kappa shape index (κ1) is 11.7. The second kappa shape index (κ2) is 5.51. The molecule has 0 aromatic heterocycles. The van der Waals surface area contributed by atoms with E-state index in [2.05, 4.69) is 24.5 Å². The Labute approximate surface area is 90.9 Å². The standard InChI is InChI=1S/C12H18N2O/c1-4-13-9(2)11-5-7-12(8-6-11)14-10(3)15/h5-9,13H,4H2,1-3H3,(H,14,15). The predicted octanol–water partition coefficient (Wildman–Crippen LogP) is 2.32. The van der Waals surface area contributed by atoms with Crippen molar-refractivity contribution in [2.24, 2.45) is 0 Å². The van der Waals surface area contributed by atoms with Crippen molar-refractivity contribution >= 4 is 11.6 Å². The molecule has 3 heteroatoms. The lowest BCUT2D eigenvalue weighted by molar-refractivity contribution is -0.114. The molecule has 0 heterocycles. The minimum atomic E-state index is -0.0394. The van der Waals surface area contributed by atoms with Crippen LogP contribution in [-0.2, 0) is 4.79 Å². The van der Waals surface area contributed by atoms with E-state index in [0.717, 1.165) is 12.2 Å². The number of carbonyl (C=O) groups excluding carboxylic acids is 1. The molecule has 1 rings (SSSR count). The van der Waals surface area contributed by atoms with Crippen molar-refractivity contribution in [1.82, 2.24) is 5.32 Å². The van der Waals surface area contributed by atoms with Gasteiger partial charge in [0.25, 0.3) is 0 Å². The smallest absolute Gasteiger partial charge is 0.221 e. The zero-order valence-corrected chi connectivity index (χ0v) is 9.50. The zero-order valence-electron chi connectivity index (χ0n) is 9.50. The van der Waals surface area contributed by atoms with Crippen molar-refractivity contribution in [3.8, 4) is 0 Å². The van der Waals surface area contributed by atoms with Crippen LogP contribution in [0.5, 0.6) is 0 Å². The molecular weight excluding hydrogens is 188 g/mol. The quantitative estimate of drug-likeness (QED) is 0.793. The lowest BCUT2D eigenvalue weighted by atomic mass is 10.1. The summed E-state index contributed by atoms with van der Waals surface area (Å²) in [7, 11) is 0. The van der Waals surface area contributed by atoms with Crippen LogP contribution >= 0.6 is 0 Å². The second-order valence-corrected chi connectivity index (χ2v) is 3.58. The first-order valence-corrected chi connectivity index (χ1v) is 5.24. The third-order valence-electron chi connectivity index (χ3n) is 2.24. The van der Waals surface area contributed by atoms with Crippen LogP contribution in [0.2, 0.25) is 0 Å². The Morgan fingerprint density at radius 1 is 1.33 bits per heavy atom. The van der Waals surface area contributed by atoms with E-state index in [1.54, 1.807) is 0 Å². The van der Waals surface area contributed by atoms with Crippen molar-refractivity contribution in [3.05, 3.63) is 29.8 Å². The predicted molar refractivity (Wildman–Crippen MR) is 62.8 cm³/mol. The first-order chi connectivity index (χ1) is 7.13. The third kappa shape index (κ3) is 3.72. The van der Waals surface area contributed by atoms with Gasteiger partial charge in [-0.05, 0) is 31.2 Å². The van der Waals surface area contributed by atoms with E-state index in [1.807, 2.05) is 24.3 Å². The van der Waals surface area contributed by atoms with Crippen LogP contribution < -0.4 is 10.6 Å². The lowest BCUT2D eigenvalue weighted by Gasteiger charge is -2.13. The molecule has 0 aliphatic carbocycles. The summed E-state index contributed by atoms with van der Waals surface area (Å²) in [5.41, 5.74) is 2.07. The van der Waals surface area contributed by atoms with Gasteiger partial charge in [-0.2, -0.15) is 0 Å². The van der Waals surface area contributed by atoms with Crippen LogP contribution in [0, 0.1) is 0 Å². The molecule has 0 spiro atoms. The fraction of sp³-hybridized carbons (Fsp3) is 0.417. The fourth-order valence-electron chi connectivity index (χ4n) is 1.48. The Morgan fingerprint density at radius 3 is 2.40 bits per heavy atom. The van der Waals surface area contributed by atoms with E-state index in [0.29, 0.717) is 6.04 Å². The Kier molecular flexibility index (Phi) is 4.31. The maximum absolute atomic E-state index is 10.8. The van der Waals surface area contributed by atoms with Gasteiger partial charge in [0.2, 0.25) is 5.91 Å². The van der Waals surface area contributed by atoms with Crippen LogP contribution in [0.3, 0.4) is 0 Å². The van der Waals surface area contributed by atoms with Gasteiger partial charge < -0.3 is 10.6 Å². The Hall–Kier alpha value is -1.35. The summed E-state index contributed by atoms with van der Waals surface area (Å²) in [5.74, 6) is -0.0394. The van der Waals surface area contributed by atoms with Crippen molar-refractivity contribution < 1.29 is 4.79 Å². The molecule has 0 fully saturated rings. The number of rotatable bonds is 4. The van der Waals surface area contributed by atoms with Gasteiger partial charge in [0.15, 0.2) is 0 Å². The van der Waals surface area contributed by atoms with Crippen molar-refractivity contribution in [2.75, 3.05) is 11.9 Å². The van der Waals surface area contributed by atoms with Crippen molar-refractivity contribution in [3.63, 3.8) is 0 Å². The number of amides is 1. The summed E-state index contributed by atoms with van der Waals surface area (Å²) in [5, 5.41) is 6.08. The van der Waals surface area contributed by atoms with Gasteiger partial charge in [-0.3, -0.25) is 4.79 Å². The Balaban J connectivity index is 2.67. The van der Waals surface area contributed by atoms with Gasteiger partial charge in [-0.25, -0.2) is 0 Å². The SMILES string of the molecule is CCNC(C)c1ccc(NC(C)=O)cc1. The lowest BCUT2D eigenvalue weighted by Crippen LogP contribution is -2.17. The molecule has 0 saturated heterocycles. The highest BCUT2D eigenvalue weighted by Crippen LogP contribution is 2.15. The molecule has 3 nitrogen and oxygen atoms in total. The molecule has 1 aromatic carbocycles. The fourth-order valence-corrected chi connectivity index (χ4v) is 1.48. The maximum Gasteiger partial charge on any atom is 0.221 e. The molecule has 0 saturated carbocycles. The summed E-state index contributed by atoms with van der Waals surface area (Å²) in [4.78, 5) is 10.8. The Morgan fingerprint density at radius 2 is 1.93 bits per heavy atom. The largest absolute Gasteiger partial charge is 0.326 e.